The molecule has 7 heteroatoms. The van der Waals surface area contributed by atoms with Gasteiger partial charge in [-0.2, -0.15) is 4.98 Å². The largest absolute Gasteiger partial charge is 0.366 e. The summed E-state index contributed by atoms with van der Waals surface area (Å²) in [6, 6.07) is 5.45. The number of rotatable bonds is 4. The molecule has 0 aliphatic rings. The first-order valence-corrected chi connectivity index (χ1v) is 5.58. The average molecular weight is 265 g/mol. The van der Waals surface area contributed by atoms with Crippen LogP contribution in [-0.4, -0.2) is 9.97 Å². The Hall–Kier alpha value is -2.28. The molecule has 1 heterocycles. The number of aryl methyl sites for hydroxylation is 1. The number of hydrogen-bond acceptors (Lipinski definition) is 5. The van der Waals surface area contributed by atoms with Crippen LogP contribution in [0.4, 0.5) is 20.5 Å². The van der Waals surface area contributed by atoms with Gasteiger partial charge >= 0.3 is 0 Å². The number of hydrazine groups is 1. The molecule has 19 heavy (non-hydrogen) atoms. The highest BCUT2D eigenvalue weighted by Gasteiger charge is 2.04. The fourth-order valence-electron chi connectivity index (χ4n) is 1.57. The van der Waals surface area contributed by atoms with Crippen LogP contribution in [0.5, 0.6) is 0 Å². The van der Waals surface area contributed by atoms with Gasteiger partial charge in [0, 0.05) is 18.3 Å². The van der Waals surface area contributed by atoms with Crippen molar-refractivity contribution in [3.63, 3.8) is 0 Å². The molecule has 0 atom stereocenters. The second kappa shape index (κ2) is 5.57. The Morgan fingerprint density at radius 3 is 2.63 bits per heavy atom. The Balaban J connectivity index is 2.09. The quantitative estimate of drug-likeness (QED) is 0.582. The Kier molecular flexibility index (Phi) is 3.86. The van der Waals surface area contributed by atoms with Crippen molar-refractivity contribution in [2.24, 2.45) is 5.84 Å². The minimum atomic E-state index is -0.873. The zero-order valence-corrected chi connectivity index (χ0v) is 10.2. The summed E-state index contributed by atoms with van der Waals surface area (Å²) < 4.78 is 25.8. The molecule has 1 aromatic heterocycles. The molecule has 1 aromatic carbocycles. The lowest BCUT2D eigenvalue weighted by Crippen LogP contribution is -2.12. The van der Waals surface area contributed by atoms with Crippen molar-refractivity contribution < 1.29 is 8.78 Å². The summed E-state index contributed by atoms with van der Waals surface area (Å²) in [5.74, 6) is 4.33. The SMILES string of the molecule is Cc1cc(NCc2ccc(F)c(F)c2)nc(NN)n1. The van der Waals surface area contributed by atoms with Crippen LogP contribution >= 0.6 is 0 Å². The molecule has 100 valence electrons. The van der Waals surface area contributed by atoms with E-state index in [0.29, 0.717) is 17.9 Å². The molecule has 0 bridgehead atoms. The van der Waals surface area contributed by atoms with Gasteiger partial charge in [0.15, 0.2) is 11.6 Å². The second-order valence-electron chi connectivity index (χ2n) is 3.96. The fraction of sp³-hybridized carbons (Fsp3) is 0.167. The Labute approximate surface area is 108 Å². The van der Waals surface area contributed by atoms with E-state index in [1.807, 2.05) is 0 Å². The number of hydrogen-bond donors (Lipinski definition) is 3. The topological polar surface area (TPSA) is 75.9 Å². The summed E-state index contributed by atoms with van der Waals surface area (Å²) in [5, 5.41) is 2.99. The third kappa shape index (κ3) is 3.35. The van der Waals surface area contributed by atoms with Crippen LogP contribution in [0.2, 0.25) is 0 Å². The summed E-state index contributed by atoms with van der Waals surface area (Å²) in [7, 11) is 0. The summed E-state index contributed by atoms with van der Waals surface area (Å²) in [6.45, 7) is 2.11. The highest BCUT2D eigenvalue weighted by Crippen LogP contribution is 2.12. The summed E-state index contributed by atoms with van der Waals surface area (Å²) in [5.41, 5.74) is 3.69. The molecule has 4 N–H and O–H groups in total. The summed E-state index contributed by atoms with van der Waals surface area (Å²) in [4.78, 5) is 8.12. The van der Waals surface area contributed by atoms with Crippen molar-refractivity contribution in [1.29, 1.82) is 0 Å². The molecule has 0 amide bonds. The Morgan fingerprint density at radius 1 is 1.16 bits per heavy atom. The van der Waals surface area contributed by atoms with Gasteiger partial charge in [0.2, 0.25) is 5.95 Å². The van der Waals surface area contributed by atoms with Gasteiger partial charge in [0.25, 0.3) is 0 Å². The van der Waals surface area contributed by atoms with Gasteiger partial charge in [-0.3, -0.25) is 5.43 Å². The average Bonchev–Trinajstić information content (AvgIpc) is 2.39. The van der Waals surface area contributed by atoms with E-state index in [9.17, 15) is 8.78 Å². The van der Waals surface area contributed by atoms with E-state index in [-0.39, 0.29) is 5.95 Å². The normalized spacial score (nSPS) is 10.3. The molecule has 0 aliphatic heterocycles. The lowest BCUT2D eigenvalue weighted by atomic mass is 10.2. The van der Waals surface area contributed by atoms with Crippen LogP contribution in [0.15, 0.2) is 24.3 Å². The van der Waals surface area contributed by atoms with Gasteiger partial charge in [0.05, 0.1) is 0 Å². The predicted molar refractivity (Wildman–Crippen MR) is 68.3 cm³/mol. The molecule has 0 aliphatic carbocycles. The molecule has 2 aromatic rings. The minimum Gasteiger partial charge on any atom is -0.366 e. The number of nitrogens with one attached hydrogen (secondary N) is 2. The van der Waals surface area contributed by atoms with Gasteiger partial charge in [-0.05, 0) is 24.6 Å². The molecule has 0 spiro atoms. The van der Waals surface area contributed by atoms with Gasteiger partial charge < -0.3 is 5.32 Å². The van der Waals surface area contributed by atoms with Crippen molar-refractivity contribution in [1.82, 2.24) is 9.97 Å². The van der Waals surface area contributed by atoms with Crippen LogP contribution in [0, 0.1) is 18.6 Å². The Bertz CT molecular complexity index is 588. The molecule has 0 fully saturated rings. The van der Waals surface area contributed by atoms with E-state index in [1.165, 1.54) is 6.07 Å². The molecule has 0 unspecified atom stereocenters. The molecule has 0 saturated heterocycles. The van der Waals surface area contributed by atoms with Gasteiger partial charge in [0.1, 0.15) is 5.82 Å². The highest BCUT2D eigenvalue weighted by atomic mass is 19.2. The van der Waals surface area contributed by atoms with E-state index < -0.39 is 11.6 Å². The first-order chi connectivity index (χ1) is 9.08. The molecule has 0 saturated carbocycles. The number of anilines is 2. The first-order valence-electron chi connectivity index (χ1n) is 5.58. The lowest BCUT2D eigenvalue weighted by Gasteiger charge is -2.08. The van der Waals surface area contributed by atoms with Gasteiger partial charge in [-0.15, -0.1) is 0 Å². The maximum atomic E-state index is 13.0. The zero-order valence-electron chi connectivity index (χ0n) is 10.2. The number of nitrogen functional groups attached to an aromatic ring is 1. The third-order valence-corrected chi connectivity index (χ3v) is 2.44. The number of benzene rings is 1. The standard InChI is InChI=1S/C12H13F2N5/c1-7-4-11(18-12(17-7)19-15)16-6-8-2-3-9(13)10(14)5-8/h2-5H,6,15H2,1H3,(H2,16,17,18,19). The maximum Gasteiger partial charge on any atom is 0.239 e. The first kappa shape index (κ1) is 13.2. The van der Waals surface area contributed by atoms with Crippen molar-refractivity contribution >= 4 is 11.8 Å². The van der Waals surface area contributed by atoms with Crippen LogP contribution in [0.25, 0.3) is 0 Å². The summed E-state index contributed by atoms with van der Waals surface area (Å²) >= 11 is 0. The third-order valence-electron chi connectivity index (χ3n) is 2.44. The fourth-order valence-corrected chi connectivity index (χ4v) is 1.57. The van der Waals surface area contributed by atoms with Gasteiger partial charge in [-0.25, -0.2) is 19.6 Å². The van der Waals surface area contributed by atoms with E-state index in [1.54, 1.807) is 13.0 Å². The highest BCUT2D eigenvalue weighted by molar-refractivity contribution is 5.42. The Morgan fingerprint density at radius 2 is 1.95 bits per heavy atom. The van der Waals surface area contributed by atoms with Crippen molar-refractivity contribution in [3.05, 3.63) is 47.2 Å². The number of nitrogens with two attached hydrogens (primary N) is 1. The summed E-state index contributed by atoms with van der Waals surface area (Å²) in [6.07, 6.45) is 0. The van der Waals surface area contributed by atoms with Crippen LogP contribution in [0.3, 0.4) is 0 Å². The minimum absolute atomic E-state index is 0.285. The van der Waals surface area contributed by atoms with Gasteiger partial charge in [-0.1, -0.05) is 6.07 Å². The molecule has 2 rings (SSSR count). The molecular formula is C12H13F2N5. The molecule has 0 radical (unpaired) electrons. The molecular weight excluding hydrogens is 252 g/mol. The second-order valence-corrected chi connectivity index (χ2v) is 3.96. The van der Waals surface area contributed by atoms with E-state index in [4.69, 9.17) is 5.84 Å². The predicted octanol–water partition coefficient (Wildman–Crippen LogP) is 1.96. The molecule has 5 nitrogen and oxygen atoms in total. The van der Waals surface area contributed by atoms with E-state index >= 15 is 0 Å². The van der Waals surface area contributed by atoms with Crippen LogP contribution in [0.1, 0.15) is 11.3 Å². The van der Waals surface area contributed by atoms with Crippen LogP contribution in [-0.2, 0) is 6.54 Å². The lowest BCUT2D eigenvalue weighted by molar-refractivity contribution is 0.507. The smallest absolute Gasteiger partial charge is 0.239 e. The number of halogens is 2. The monoisotopic (exact) mass is 265 g/mol. The zero-order chi connectivity index (χ0) is 13.8. The number of nitrogens with zero attached hydrogens (tertiary/aromatic N) is 2. The van der Waals surface area contributed by atoms with Crippen molar-refractivity contribution in [2.45, 2.75) is 13.5 Å². The number of aromatic nitrogens is 2. The maximum absolute atomic E-state index is 13.0. The van der Waals surface area contributed by atoms with Crippen LogP contribution < -0.4 is 16.6 Å². The van der Waals surface area contributed by atoms with Crippen molar-refractivity contribution in [2.75, 3.05) is 10.7 Å². The van der Waals surface area contributed by atoms with Crippen molar-refractivity contribution in [3.8, 4) is 0 Å². The van der Waals surface area contributed by atoms with E-state index in [2.05, 4.69) is 20.7 Å². The van der Waals surface area contributed by atoms with E-state index in [0.717, 1.165) is 17.8 Å².